The fourth-order valence-electron chi connectivity index (χ4n) is 3.88. The molecular weight excluding hydrogens is 354 g/mol. The molecular formula is C21H29N5S+2. The molecule has 27 heavy (non-hydrogen) atoms. The van der Waals surface area contributed by atoms with Gasteiger partial charge in [0.05, 0.1) is 0 Å². The fourth-order valence-corrected chi connectivity index (χ4v) is 4.14. The molecule has 0 bridgehead atoms. The largest absolute Gasteiger partial charge is 0.322 e. The lowest BCUT2D eigenvalue weighted by Crippen LogP contribution is -3.27. The first-order chi connectivity index (χ1) is 13.1. The first-order valence-electron chi connectivity index (χ1n) is 9.90. The van der Waals surface area contributed by atoms with Gasteiger partial charge < -0.3 is 9.80 Å². The maximum absolute atomic E-state index is 5.58. The molecule has 2 N–H and O–H groups in total. The SMILES string of the molecule is CC(C)c1ccc(C[NH+]2CC[NH+](Cn3nc4ccccn4c3=S)CC2)cc1. The maximum atomic E-state index is 5.58. The van der Waals surface area contributed by atoms with Gasteiger partial charge in [-0.15, -0.1) is 5.10 Å². The highest BCUT2D eigenvalue weighted by Gasteiger charge is 2.24. The molecule has 4 rings (SSSR count). The van der Waals surface area contributed by atoms with Gasteiger partial charge >= 0.3 is 0 Å². The van der Waals surface area contributed by atoms with E-state index in [1.165, 1.54) is 24.2 Å². The van der Waals surface area contributed by atoms with Crippen LogP contribution in [-0.2, 0) is 13.2 Å². The van der Waals surface area contributed by atoms with Gasteiger partial charge in [-0.25, -0.2) is 0 Å². The predicted molar refractivity (Wildman–Crippen MR) is 110 cm³/mol. The lowest BCUT2D eigenvalue weighted by atomic mass is 10.0. The first-order valence-corrected chi connectivity index (χ1v) is 10.3. The number of piperazine rings is 1. The molecule has 1 saturated heterocycles. The Balaban J connectivity index is 1.33. The zero-order valence-corrected chi connectivity index (χ0v) is 17.0. The van der Waals surface area contributed by atoms with Crippen molar-refractivity contribution in [3.05, 3.63) is 64.6 Å². The molecule has 0 atom stereocenters. The fraction of sp³-hybridized carbons (Fsp3) is 0.429. The van der Waals surface area contributed by atoms with Crippen molar-refractivity contribution >= 4 is 17.9 Å². The third-order valence-electron chi connectivity index (χ3n) is 5.63. The lowest BCUT2D eigenvalue weighted by molar-refractivity contribution is -1.03. The normalized spacial score (nSPS) is 20.4. The Kier molecular flexibility index (Phi) is 5.38. The van der Waals surface area contributed by atoms with Crippen molar-refractivity contribution in [1.29, 1.82) is 0 Å². The highest BCUT2D eigenvalue weighted by molar-refractivity contribution is 7.71. The molecule has 0 amide bonds. The Morgan fingerprint density at radius 2 is 1.70 bits per heavy atom. The second-order valence-corrected chi connectivity index (χ2v) is 8.31. The molecule has 3 heterocycles. The number of hydrogen-bond donors (Lipinski definition) is 2. The Hall–Kier alpha value is -2.02. The second kappa shape index (κ2) is 7.92. The van der Waals surface area contributed by atoms with E-state index < -0.39 is 0 Å². The summed E-state index contributed by atoms with van der Waals surface area (Å²) in [6.07, 6.45) is 1.99. The smallest absolute Gasteiger partial charge is 0.207 e. The average molecular weight is 384 g/mol. The van der Waals surface area contributed by atoms with E-state index in [2.05, 4.69) is 43.2 Å². The number of fused-ring (bicyclic) bond motifs is 1. The minimum absolute atomic E-state index is 0.602. The van der Waals surface area contributed by atoms with Crippen LogP contribution in [0.15, 0.2) is 48.7 Å². The second-order valence-electron chi connectivity index (χ2n) is 7.94. The van der Waals surface area contributed by atoms with Crippen LogP contribution in [0.4, 0.5) is 0 Å². The summed E-state index contributed by atoms with van der Waals surface area (Å²) in [7, 11) is 0. The van der Waals surface area contributed by atoms with Crippen molar-refractivity contribution in [1.82, 2.24) is 14.2 Å². The standard InChI is InChI=1S/C21H27N5S/c1-17(2)19-8-6-18(7-9-19)15-23-11-13-24(14-12-23)16-26-21(27)25-10-4-3-5-20(25)22-26/h3-10,17H,11-16H2,1-2H3/p+2. The van der Waals surface area contributed by atoms with Crippen LogP contribution in [0.1, 0.15) is 30.9 Å². The number of pyridine rings is 1. The minimum Gasteiger partial charge on any atom is -0.322 e. The summed E-state index contributed by atoms with van der Waals surface area (Å²) in [6, 6.07) is 15.2. The molecule has 5 nitrogen and oxygen atoms in total. The Morgan fingerprint density at radius 3 is 2.37 bits per heavy atom. The number of rotatable bonds is 5. The molecule has 0 saturated carbocycles. The van der Waals surface area contributed by atoms with Crippen molar-refractivity contribution < 1.29 is 9.80 Å². The van der Waals surface area contributed by atoms with Crippen molar-refractivity contribution in [2.24, 2.45) is 0 Å². The van der Waals surface area contributed by atoms with Crippen molar-refractivity contribution in [3.8, 4) is 0 Å². The average Bonchev–Trinajstić information content (AvgIpc) is 3.00. The monoisotopic (exact) mass is 383 g/mol. The molecule has 0 spiro atoms. The Morgan fingerprint density at radius 1 is 1.00 bits per heavy atom. The van der Waals surface area contributed by atoms with Crippen LogP contribution in [0.5, 0.6) is 0 Å². The molecule has 6 heteroatoms. The summed E-state index contributed by atoms with van der Waals surface area (Å²) in [5, 5.41) is 4.66. The van der Waals surface area contributed by atoms with Crippen LogP contribution in [-0.4, -0.2) is 40.4 Å². The Bertz CT molecular complexity index is 949. The summed E-state index contributed by atoms with van der Waals surface area (Å²) >= 11 is 5.58. The van der Waals surface area contributed by atoms with Gasteiger partial charge in [0, 0.05) is 11.8 Å². The molecule has 0 aliphatic carbocycles. The third-order valence-corrected chi connectivity index (χ3v) is 6.03. The summed E-state index contributed by atoms with van der Waals surface area (Å²) in [5.74, 6) is 0.602. The number of aromatic nitrogens is 3. The minimum atomic E-state index is 0.602. The van der Waals surface area contributed by atoms with Crippen LogP contribution in [0.3, 0.4) is 0 Å². The molecule has 1 aliphatic heterocycles. The van der Waals surface area contributed by atoms with E-state index >= 15 is 0 Å². The summed E-state index contributed by atoms with van der Waals surface area (Å²) in [5.41, 5.74) is 3.80. The molecule has 2 aromatic heterocycles. The van der Waals surface area contributed by atoms with E-state index in [1.807, 2.05) is 33.5 Å². The van der Waals surface area contributed by atoms with Gasteiger partial charge in [-0.2, -0.15) is 4.68 Å². The number of nitrogens with zero attached hydrogens (tertiary/aromatic N) is 3. The number of hydrogen-bond acceptors (Lipinski definition) is 2. The van der Waals surface area contributed by atoms with E-state index in [0.29, 0.717) is 5.92 Å². The van der Waals surface area contributed by atoms with Gasteiger partial charge in [-0.1, -0.05) is 44.2 Å². The number of quaternary nitrogens is 2. The van der Waals surface area contributed by atoms with Crippen molar-refractivity contribution in [2.45, 2.75) is 33.0 Å². The van der Waals surface area contributed by atoms with Crippen LogP contribution in [0.2, 0.25) is 0 Å². The van der Waals surface area contributed by atoms with Gasteiger partial charge in [0.2, 0.25) is 4.77 Å². The number of nitrogens with one attached hydrogen (secondary N) is 2. The summed E-state index contributed by atoms with van der Waals surface area (Å²) in [4.78, 5) is 3.24. The van der Waals surface area contributed by atoms with Gasteiger partial charge in [-0.3, -0.25) is 4.40 Å². The van der Waals surface area contributed by atoms with Crippen molar-refractivity contribution in [3.63, 3.8) is 0 Å². The molecule has 0 radical (unpaired) electrons. The van der Waals surface area contributed by atoms with E-state index in [1.54, 1.807) is 9.80 Å². The van der Waals surface area contributed by atoms with Crippen LogP contribution < -0.4 is 9.80 Å². The lowest BCUT2D eigenvalue weighted by Gasteiger charge is -2.29. The molecule has 1 aliphatic rings. The predicted octanol–water partition coefficient (Wildman–Crippen LogP) is 0.930. The molecule has 142 valence electrons. The van der Waals surface area contributed by atoms with E-state index in [4.69, 9.17) is 12.2 Å². The highest BCUT2D eigenvalue weighted by Crippen LogP contribution is 2.14. The van der Waals surface area contributed by atoms with Crippen LogP contribution in [0.25, 0.3) is 5.65 Å². The number of benzene rings is 1. The van der Waals surface area contributed by atoms with Gasteiger partial charge in [0.15, 0.2) is 12.3 Å². The Labute approximate surface area is 165 Å². The molecule has 1 fully saturated rings. The van der Waals surface area contributed by atoms with E-state index in [-0.39, 0.29) is 0 Å². The molecule has 1 aromatic carbocycles. The van der Waals surface area contributed by atoms with Gasteiger partial charge in [0.25, 0.3) is 0 Å². The first kappa shape index (κ1) is 18.3. The van der Waals surface area contributed by atoms with Gasteiger partial charge in [-0.05, 0) is 35.8 Å². The summed E-state index contributed by atoms with van der Waals surface area (Å²) in [6.45, 7) is 11.2. The van der Waals surface area contributed by atoms with E-state index in [0.717, 1.165) is 36.7 Å². The highest BCUT2D eigenvalue weighted by atomic mass is 32.1. The van der Waals surface area contributed by atoms with Crippen molar-refractivity contribution in [2.75, 3.05) is 26.2 Å². The zero-order chi connectivity index (χ0) is 18.8. The van der Waals surface area contributed by atoms with Gasteiger partial charge in [0.1, 0.15) is 32.7 Å². The summed E-state index contributed by atoms with van der Waals surface area (Å²) < 4.78 is 4.75. The third kappa shape index (κ3) is 4.13. The molecule has 0 unspecified atom stereocenters. The zero-order valence-electron chi connectivity index (χ0n) is 16.2. The van der Waals surface area contributed by atoms with Crippen LogP contribution in [0, 0.1) is 4.77 Å². The molecule has 3 aromatic rings. The topological polar surface area (TPSA) is 31.1 Å². The van der Waals surface area contributed by atoms with Crippen LogP contribution >= 0.6 is 12.2 Å². The maximum Gasteiger partial charge on any atom is 0.207 e. The quantitative estimate of drug-likeness (QED) is 0.643. The van der Waals surface area contributed by atoms with E-state index in [9.17, 15) is 0 Å².